The van der Waals surface area contributed by atoms with E-state index in [0.717, 1.165) is 0 Å². The van der Waals surface area contributed by atoms with E-state index in [0.29, 0.717) is 27.4 Å². The second-order valence-corrected chi connectivity index (χ2v) is 7.81. The number of hydrogen-bond acceptors (Lipinski definition) is 3. The summed E-state index contributed by atoms with van der Waals surface area (Å²) in [7, 11) is 7.50. The Morgan fingerprint density at radius 3 is 1.50 bits per heavy atom. The van der Waals surface area contributed by atoms with Gasteiger partial charge >= 0.3 is 16.1 Å². The Kier molecular flexibility index (Phi) is 4.82. The van der Waals surface area contributed by atoms with Gasteiger partial charge in [-0.15, -0.1) is 0 Å². The van der Waals surface area contributed by atoms with Crippen LogP contribution in [-0.2, 0) is 4.57 Å². The van der Waals surface area contributed by atoms with Crippen molar-refractivity contribution in [2.24, 2.45) is 0 Å². The van der Waals surface area contributed by atoms with Gasteiger partial charge in [-0.3, -0.25) is 0 Å². The molecule has 0 aliphatic carbocycles. The van der Waals surface area contributed by atoms with E-state index < -0.39 is 7.14 Å². The zero-order chi connectivity index (χ0) is 17.0. The maximum absolute atomic E-state index is 14.3. The predicted octanol–water partition coefficient (Wildman–Crippen LogP) is 2.25. The highest BCUT2D eigenvalue weighted by Crippen LogP contribution is 2.47. The minimum Gasteiger partial charge on any atom is -0.567 e. The highest BCUT2D eigenvalue weighted by Gasteiger charge is 2.34. The topological polar surface area (TPSA) is 35.5 Å². The van der Waals surface area contributed by atoms with Gasteiger partial charge in [0.05, 0.1) is 10.6 Å². The normalized spacial score (nSPS) is 11.0. The van der Waals surface area contributed by atoms with Gasteiger partial charge < -0.3 is 13.9 Å². The van der Waals surface area contributed by atoms with Crippen LogP contribution in [0.4, 0.5) is 0 Å². The molecule has 0 saturated heterocycles. The van der Waals surface area contributed by atoms with Crippen molar-refractivity contribution in [3.63, 3.8) is 0 Å². The first-order valence-electron chi connectivity index (χ1n) is 7.30. The lowest BCUT2D eigenvalue weighted by molar-refractivity contribution is 0.586. The highest BCUT2D eigenvalue weighted by molar-refractivity contribution is 7.85. The summed E-state index contributed by atoms with van der Waals surface area (Å²) >= 11 is 0. The number of rotatable bonds is 5. The molecule has 3 aromatic carbocycles. The highest BCUT2D eigenvalue weighted by atomic mass is 31.2. The Balaban J connectivity index is 2.37. The molecule has 0 atom stereocenters. The van der Waals surface area contributed by atoms with Crippen LogP contribution < -0.4 is 25.2 Å². The molecule has 3 nitrogen and oxygen atoms in total. The van der Waals surface area contributed by atoms with Crippen molar-refractivity contribution < 1.29 is 13.9 Å². The SMILES string of the molecule is [B]Oc1ccccc1P(=O)(c1ccccc1)c1ccccc1O[B]. The van der Waals surface area contributed by atoms with Crippen LogP contribution in [0.5, 0.6) is 11.5 Å². The van der Waals surface area contributed by atoms with Gasteiger partial charge in [0.25, 0.3) is 0 Å². The molecular formula is C18H13B2O3P. The van der Waals surface area contributed by atoms with Crippen LogP contribution in [0.3, 0.4) is 0 Å². The fraction of sp³-hybridized carbons (Fsp3) is 0. The molecule has 0 aliphatic heterocycles. The van der Waals surface area contributed by atoms with E-state index >= 15 is 0 Å². The van der Waals surface area contributed by atoms with Crippen molar-refractivity contribution in [1.29, 1.82) is 0 Å². The Labute approximate surface area is 143 Å². The lowest BCUT2D eigenvalue weighted by Gasteiger charge is -2.24. The first-order valence-corrected chi connectivity index (χ1v) is 9.01. The number of para-hydroxylation sites is 2. The lowest BCUT2D eigenvalue weighted by Crippen LogP contribution is -2.27. The molecule has 6 heteroatoms. The van der Waals surface area contributed by atoms with Gasteiger partial charge in [-0.2, -0.15) is 0 Å². The van der Waals surface area contributed by atoms with Gasteiger partial charge in [0.2, 0.25) is 0 Å². The first kappa shape index (κ1) is 16.5. The summed E-state index contributed by atoms with van der Waals surface area (Å²) in [6.45, 7) is 0. The third-order valence-electron chi connectivity index (χ3n) is 3.78. The fourth-order valence-electron chi connectivity index (χ4n) is 2.68. The van der Waals surface area contributed by atoms with Crippen LogP contribution in [0, 0.1) is 0 Å². The Morgan fingerprint density at radius 2 is 1.04 bits per heavy atom. The van der Waals surface area contributed by atoms with Crippen molar-refractivity contribution in [2.75, 3.05) is 0 Å². The molecule has 0 fully saturated rings. The van der Waals surface area contributed by atoms with Crippen molar-refractivity contribution in [1.82, 2.24) is 0 Å². The van der Waals surface area contributed by atoms with Crippen LogP contribution in [-0.4, -0.2) is 16.1 Å². The van der Waals surface area contributed by atoms with Gasteiger partial charge in [0, 0.05) is 5.30 Å². The second-order valence-electron chi connectivity index (χ2n) is 5.12. The summed E-state index contributed by atoms with van der Waals surface area (Å²) in [5.41, 5.74) is 0. The summed E-state index contributed by atoms with van der Waals surface area (Å²) in [5.74, 6) is 0.688. The minimum atomic E-state index is -3.29. The third kappa shape index (κ3) is 2.76. The summed E-state index contributed by atoms with van der Waals surface area (Å²) in [6, 6.07) is 23.1. The van der Waals surface area contributed by atoms with E-state index in [1.807, 2.05) is 18.2 Å². The molecule has 0 spiro atoms. The predicted molar refractivity (Wildman–Crippen MR) is 98.6 cm³/mol. The zero-order valence-corrected chi connectivity index (χ0v) is 13.7. The Bertz CT molecular complexity index is 833. The van der Waals surface area contributed by atoms with E-state index in [1.165, 1.54) is 0 Å². The Hall–Kier alpha value is -2.38. The van der Waals surface area contributed by atoms with Gasteiger partial charge in [0.1, 0.15) is 11.5 Å². The van der Waals surface area contributed by atoms with Crippen molar-refractivity contribution >= 4 is 39.2 Å². The standard InChI is InChI=1S/C18H13B2O3P/c19-22-15-10-4-6-12-17(15)24(21,14-8-2-1-3-9-14)18-13-7-5-11-16(18)23-20/h1-13H. The molecule has 0 unspecified atom stereocenters. The fourth-order valence-corrected chi connectivity index (χ4v) is 5.55. The van der Waals surface area contributed by atoms with Crippen molar-refractivity contribution in [2.45, 2.75) is 0 Å². The summed E-state index contributed by atoms with van der Waals surface area (Å²) in [6.07, 6.45) is 0. The average molecular weight is 330 g/mol. The summed E-state index contributed by atoms with van der Waals surface area (Å²) in [4.78, 5) is 0. The van der Waals surface area contributed by atoms with E-state index in [1.54, 1.807) is 60.7 Å². The van der Waals surface area contributed by atoms with Crippen LogP contribution >= 0.6 is 7.14 Å². The quantitative estimate of drug-likeness (QED) is 0.532. The maximum atomic E-state index is 14.3. The average Bonchev–Trinajstić information content (AvgIpc) is 2.68. The van der Waals surface area contributed by atoms with Crippen LogP contribution in [0.2, 0.25) is 0 Å². The molecule has 0 saturated carbocycles. The number of hydrogen-bond donors (Lipinski definition) is 0. The van der Waals surface area contributed by atoms with Gasteiger partial charge in [0.15, 0.2) is 7.14 Å². The molecular weight excluding hydrogens is 317 g/mol. The molecule has 114 valence electrons. The van der Waals surface area contributed by atoms with Gasteiger partial charge in [-0.25, -0.2) is 0 Å². The molecule has 0 aliphatic rings. The monoisotopic (exact) mass is 330 g/mol. The zero-order valence-electron chi connectivity index (χ0n) is 12.8. The van der Waals surface area contributed by atoms with E-state index in [9.17, 15) is 4.57 Å². The minimum absolute atomic E-state index is 0.344. The molecule has 0 amide bonds. The molecule has 3 aromatic rings. The molecule has 4 radical (unpaired) electrons. The molecule has 0 bridgehead atoms. The van der Waals surface area contributed by atoms with E-state index in [-0.39, 0.29) is 0 Å². The molecule has 0 heterocycles. The molecule has 0 aromatic heterocycles. The van der Waals surface area contributed by atoms with Crippen LogP contribution in [0.15, 0.2) is 78.9 Å². The summed E-state index contributed by atoms with van der Waals surface area (Å²) < 4.78 is 24.2. The largest absolute Gasteiger partial charge is 0.567 e. The van der Waals surface area contributed by atoms with E-state index in [4.69, 9.17) is 25.4 Å². The number of benzene rings is 3. The lowest BCUT2D eigenvalue weighted by atomic mass is 10.3. The first-order chi connectivity index (χ1) is 11.7. The van der Waals surface area contributed by atoms with E-state index in [2.05, 4.69) is 0 Å². The molecule has 24 heavy (non-hydrogen) atoms. The second kappa shape index (κ2) is 7.02. The van der Waals surface area contributed by atoms with Gasteiger partial charge in [-0.1, -0.05) is 54.6 Å². The molecule has 0 N–H and O–H groups in total. The molecule has 3 rings (SSSR count). The Morgan fingerprint density at radius 1 is 0.625 bits per heavy atom. The summed E-state index contributed by atoms with van der Waals surface area (Å²) in [5, 5.41) is 1.62. The van der Waals surface area contributed by atoms with Gasteiger partial charge in [-0.05, 0) is 24.3 Å². The maximum Gasteiger partial charge on any atom is 0.374 e. The third-order valence-corrected chi connectivity index (χ3v) is 6.90. The van der Waals surface area contributed by atoms with Crippen LogP contribution in [0.1, 0.15) is 0 Å². The van der Waals surface area contributed by atoms with Crippen molar-refractivity contribution in [3.8, 4) is 11.5 Å². The van der Waals surface area contributed by atoms with Crippen LogP contribution in [0.25, 0.3) is 0 Å². The van der Waals surface area contributed by atoms with Crippen molar-refractivity contribution in [3.05, 3.63) is 78.9 Å². The smallest absolute Gasteiger partial charge is 0.374 e.